The van der Waals surface area contributed by atoms with Gasteiger partial charge in [0.15, 0.2) is 0 Å². The molecule has 1 rings (SSSR count). The molecule has 0 aromatic heterocycles. The third-order valence-corrected chi connectivity index (χ3v) is 2.72. The predicted molar refractivity (Wildman–Crippen MR) is 49.6 cm³/mol. The summed E-state index contributed by atoms with van der Waals surface area (Å²) in [6.45, 7) is 10.1. The molecule has 0 aliphatic carbocycles. The lowest BCUT2D eigenvalue weighted by molar-refractivity contribution is 0.385. The minimum absolute atomic E-state index is 0.402. The first-order chi connectivity index (χ1) is 5.04. The molecule has 1 aliphatic heterocycles. The summed E-state index contributed by atoms with van der Waals surface area (Å²) in [6, 6.07) is 0.636. The quantitative estimate of drug-likeness (QED) is 0.570. The van der Waals surface area contributed by atoms with Crippen LogP contribution in [0.2, 0.25) is 0 Å². The van der Waals surface area contributed by atoms with Crippen LogP contribution in [-0.2, 0) is 0 Å². The van der Waals surface area contributed by atoms with Crippen LogP contribution in [0.25, 0.3) is 0 Å². The Morgan fingerprint density at radius 1 is 1.55 bits per heavy atom. The van der Waals surface area contributed by atoms with Gasteiger partial charge in [-0.05, 0) is 33.7 Å². The predicted octanol–water partition coefficient (Wildman–Crippen LogP) is 2.34. The lowest BCUT2D eigenvalue weighted by Crippen LogP contribution is -2.29. The van der Waals surface area contributed by atoms with Crippen molar-refractivity contribution < 1.29 is 0 Å². The minimum Gasteiger partial charge on any atom is -0.313 e. The molecule has 0 bridgehead atoms. The van der Waals surface area contributed by atoms with Gasteiger partial charge in [-0.1, -0.05) is 18.6 Å². The number of hydrogen-bond donors (Lipinski definition) is 1. The third kappa shape index (κ3) is 1.84. The van der Waals surface area contributed by atoms with Crippen molar-refractivity contribution in [3.05, 3.63) is 11.6 Å². The molecule has 1 heterocycles. The van der Waals surface area contributed by atoms with E-state index in [1.807, 2.05) is 0 Å². The summed E-state index contributed by atoms with van der Waals surface area (Å²) in [7, 11) is 0. The first kappa shape index (κ1) is 8.79. The highest BCUT2D eigenvalue weighted by Crippen LogP contribution is 2.32. The van der Waals surface area contributed by atoms with E-state index < -0.39 is 0 Å². The van der Waals surface area contributed by atoms with E-state index in [1.165, 1.54) is 18.5 Å². The molecule has 1 aliphatic rings. The van der Waals surface area contributed by atoms with Crippen LogP contribution in [0.1, 0.15) is 34.1 Å². The van der Waals surface area contributed by atoms with Crippen LogP contribution in [-0.4, -0.2) is 12.6 Å². The Balaban J connectivity index is 2.73. The Labute approximate surface area is 69.9 Å². The van der Waals surface area contributed by atoms with Crippen molar-refractivity contribution in [3.63, 3.8) is 0 Å². The molecule has 1 N–H and O–H groups in total. The SMILES string of the molecule is CC(C)=C[C@@]1(C)CCNC1C. The second kappa shape index (κ2) is 2.98. The monoisotopic (exact) mass is 153 g/mol. The normalized spacial score (nSPS) is 37.3. The number of rotatable bonds is 1. The van der Waals surface area contributed by atoms with Gasteiger partial charge in [-0.2, -0.15) is 0 Å². The fourth-order valence-corrected chi connectivity index (χ4v) is 1.86. The summed E-state index contributed by atoms with van der Waals surface area (Å²) in [5.41, 5.74) is 1.84. The second-order valence-electron chi connectivity index (χ2n) is 4.15. The Hall–Kier alpha value is -0.300. The number of hydrogen-bond acceptors (Lipinski definition) is 1. The maximum Gasteiger partial charge on any atom is 0.0128 e. The molecule has 1 saturated heterocycles. The van der Waals surface area contributed by atoms with Gasteiger partial charge in [0.2, 0.25) is 0 Å². The van der Waals surface area contributed by atoms with Crippen LogP contribution >= 0.6 is 0 Å². The van der Waals surface area contributed by atoms with Crippen molar-refractivity contribution in [2.24, 2.45) is 5.41 Å². The second-order valence-corrected chi connectivity index (χ2v) is 4.15. The smallest absolute Gasteiger partial charge is 0.0128 e. The summed E-state index contributed by atoms with van der Waals surface area (Å²) in [4.78, 5) is 0. The molecule has 2 atom stereocenters. The van der Waals surface area contributed by atoms with Crippen LogP contribution in [0.3, 0.4) is 0 Å². The summed E-state index contributed by atoms with van der Waals surface area (Å²) in [5, 5.41) is 3.47. The van der Waals surface area contributed by atoms with Crippen LogP contribution in [0, 0.1) is 5.41 Å². The first-order valence-electron chi connectivity index (χ1n) is 4.44. The molecule has 1 fully saturated rings. The molecule has 11 heavy (non-hydrogen) atoms. The Morgan fingerprint density at radius 3 is 2.55 bits per heavy atom. The summed E-state index contributed by atoms with van der Waals surface area (Å²) in [5.74, 6) is 0. The van der Waals surface area contributed by atoms with Gasteiger partial charge >= 0.3 is 0 Å². The zero-order chi connectivity index (χ0) is 8.48. The zero-order valence-electron chi connectivity index (χ0n) is 8.07. The topological polar surface area (TPSA) is 12.0 Å². The lowest BCUT2D eigenvalue weighted by atomic mass is 9.82. The van der Waals surface area contributed by atoms with Crippen molar-refractivity contribution in [1.82, 2.24) is 5.32 Å². The molecule has 0 aromatic rings. The fraction of sp³-hybridized carbons (Fsp3) is 0.800. The van der Waals surface area contributed by atoms with Gasteiger partial charge in [0.1, 0.15) is 0 Å². The van der Waals surface area contributed by atoms with Gasteiger partial charge < -0.3 is 5.32 Å². The van der Waals surface area contributed by atoms with E-state index in [4.69, 9.17) is 0 Å². The molecular formula is C10H19N. The summed E-state index contributed by atoms with van der Waals surface area (Å²) in [6.07, 6.45) is 3.68. The molecular weight excluding hydrogens is 134 g/mol. The highest BCUT2D eigenvalue weighted by atomic mass is 15.0. The molecule has 0 saturated carbocycles. The first-order valence-corrected chi connectivity index (χ1v) is 4.44. The standard InChI is InChI=1S/C10H19N/c1-8(2)7-10(4)5-6-11-9(10)3/h7,9,11H,5-6H2,1-4H3/t9?,10-/m1/s1. The van der Waals surface area contributed by atoms with E-state index in [1.54, 1.807) is 0 Å². The maximum atomic E-state index is 3.47. The number of nitrogens with one attached hydrogen (secondary N) is 1. The molecule has 1 unspecified atom stereocenters. The average molecular weight is 153 g/mol. The van der Waals surface area contributed by atoms with Crippen LogP contribution in [0.4, 0.5) is 0 Å². The van der Waals surface area contributed by atoms with Gasteiger partial charge in [0.05, 0.1) is 0 Å². The average Bonchev–Trinajstić information content (AvgIpc) is 2.11. The molecule has 0 aromatic carbocycles. The van der Waals surface area contributed by atoms with E-state index >= 15 is 0 Å². The van der Waals surface area contributed by atoms with Crippen LogP contribution < -0.4 is 5.32 Å². The summed E-state index contributed by atoms with van der Waals surface area (Å²) < 4.78 is 0. The Bertz CT molecular complexity index is 168. The highest BCUT2D eigenvalue weighted by Gasteiger charge is 2.32. The van der Waals surface area contributed by atoms with Crippen LogP contribution in [0.15, 0.2) is 11.6 Å². The van der Waals surface area contributed by atoms with Crippen molar-refractivity contribution in [3.8, 4) is 0 Å². The Morgan fingerprint density at radius 2 is 2.18 bits per heavy atom. The maximum absolute atomic E-state index is 3.47. The minimum atomic E-state index is 0.402. The molecule has 0 radical (unpaired) electrons. The van der Waals surface area contributed by atoms with E-state index in [-0.39, 0.29) is 0 Å². The van der Waals surface area contributed by atoms with Crippen molar-refractivity contribution in [2.45, 2.75) is 40.2 Å². The lowest BCUT2D eigenvalue weighted by Gasteiger charge is -2.25. The molecule has 0 spiro atoms. The van der Waals surface area contributed by atoms with E-state index in [2.05, 4.69) is 39.1 Å². The van der Waals surface area contributed by atoms with Crippen molar-refractivity contribution in [2.75, 3.05) is 6.54 Å². The van der Waals surface area contributed by atoms with Gasteiger partial charge in [0.25, 0.3) is 0 Å². The van der Waals surface area contributed by atoms with Gasteiger partial charge in [-0.25, -0.2) is 0 Å². The molecule has 1 nitrogen and oxygen atoms in total. The third-order valence-electron chi connectivity index (χ3n) is 2.72. The van der Waals surface area contributed by atoms with Gasteiger partial charge in [-0.15, -0.1) is 0 Å². The Kier molecular flexibility index (Phi) is 2.38. The van der Waals surface area contributed by atoms with Gasteiger partial charge in [-0.3, -0.25) is 0 Å². The van der Waals surface area contributed by atoms with E-state index in [0.717, 1.165) is 0 Å². The van der Waals surface area contributed by atoms with Crippen molar-refractivity contribution in [1.29, 1.82) is 0 Å². The molecule has 0 amide bonds. The molecule has 64 valence electrons. The van der Waals surface area contributed by atoms with E-state index in [9.17, 15) is 0 Å². The number of allylic oxidation sites excluding steroid dienone is 1. The van der Waals surface area contributed by atoms with Gasteiger partial charge in [0, 0.05) is 11.5 Å². The molecule has 1 heteroatoms. The van der Waals surface area contributed by atoms with Crippen LogP contribution in [0.5, 0.6) is 0 Å². The largest absolute Gasteiger partial charge is 0.313 e. The summed E-state index contributed by atoms with van der Waals surface area (Å²) >= 11 is 0. The highest BCUT2D eigenvalue weighted by molar-refractivity contribution is 5.10. The van der Waals surface area contributed by atoms with Crippen molar-refractivity contribution >= 4 is 0 Å². The zero-order valence-corrected chi connectivity index (χ0v) is 8.07. The van der Waals surface area contributed by atoms with E-state index in [0.29, 0.717) is 11.5 Å². The fourth-order valence-electron chi connectivity index (χ4n) is 1.86.